The van der Waals surface area contributed by atoms with Crippen molar-refractivity contribution in [2.45, 2.75) is 19.3 Å². The number of halogens is 1. The van der Waals surface area contributed by atoms with Gasteiger partial charge in [-0.25, -0.2) is 0 Å². The highest BCUT2D eigenvalue weighted by Gasteiger charge is 2.19. The normalized spacial score (nSPS) is 14.7. The van der Waals surface area contributed by atoms with E-state index < -0.39 is 0 Å². The van der Waals surface area contributed by atoms with Crippen molar-refractivity contribution in [1.29, 1.82) is 0 Å². The van der Waals surface area contributed by atoms with Crippen LogP contribution in [0, 0.1) is 0 Å². The van der Waals surface area contributed by atoms with Crippen LogP contribution in [-0.2, 0) is 0 Å². The number of pyridine rings is 1. The van der Waals surface area contributed by atoms with E-state index in [1.807, 2.05) is 30.5 Å². The van der Waals surface area contributed by atoms with Crippen LogP contribution in [0.2, 0.25) is 5.02 Å². The molecular formula is C21H21ClN2O. The lowest BCUT2D eigenvalue weighted by Gasteiger charge is -2.31. The number of benzene rings is 2. The number of piperidine rings is 1. The Hall–Kier alpha value is -2.26. The zero-order valence-electron chi connectivity index (χ0n) is 14.3. The van der Waals surface area contributed by atoms with Crippen LogP contribution in [0.25, 0.3) is 22.0 Å². The van der Waals surface area contributed by atoms with Gasteiger partial charge in [-0.2, -0.15) is 0 Å². The lowest BCUT2D eigenvalue weighted by atomic mass is 9.99. The highest BCUT2D eigenvalue weighted by atomic mass is 35.5. The molecule has 0 radical (unpaired) electrons. The van der Waals surface area contributed by atoms with Crippen LogP contribution in [0.5, 0.6) is 5.75 Å². The van der Waals surface area contributed by atoms with Gasteiger partial charge in [0.2, 0.25) is 0 Å². The van der Waals surface area contributed by atoms with E-state index in [0.717, 1.165) is 45.9 Å². The Kier molecular flexibility index (Phi) is 4.50. The predicted molar refractivity (Wildman–Crippen MR) is 105 cm³/mol. The second-order valence-electron chi connectivity index (χ2n) is 6.46. The molecule has 1 aliphatic heterocycles. The summed E-state index contributed by atoms with van der Waals surface area (Å²) >= 11 is 6.08. The maximum Gasteiger partial charge on any atom is 0.119 e. The minimum atomic E-state index is 0.749. The van der Waals surface area contributed by atoms with Crippen LogP contribution in [-0.4, -0.2) is 25.2 Å². The van der Waals surface area contributed by atoms with Crippen LogP contribution in [0.4, 0.5) is 5.69 Å². The third-order valence-electron chi connectivity index (χ3n) is 4.87. The molecule has 1 fully saturated rings. The maximum absolute atomic E-state index is 6.08. The molecule has 0 spiro atoms. The number of methoxy groups -OCH3 is 1. The molecule has 0 amide bonds. The Balaban J connectivity index is 1.95. The maximum atomic E-state index is 6.08. The molecular weight excluding hydrogens is 332 g/mol. The van der Waals surface area contributed by atoms with Gasteiger partial charge in [-0.3, -0.25) is 4.98 Å². The first kappa shape index (κ1) is 16.2. The van der Waals surface area contributed by atoms with Gasteiger partial charge in [0, 0.05) is 35.3 Å². The summed E-state index contributed by atoms with van der Waals surface area (Å²) in [5, 5.41) is 1.90. The molecule has 128 valence electrons. The molecule has 0 unspecified atom stereocenters. The smallest absolute Gasteiger partial charge is 0.119 e. The fourth-order valence-electron chi connectivity index (χ4n) is 3.58. The Morgan fingerprint density at radius 2 is 1.76 bits per heavy atom. The van der Waals surface area contributed by atoms with Crippen LogP contribution in [0.15, 0.2) is 48.7 Å². The summed E-state index contributed by atoms with van der Waals surface area (Å²) in [6.07, 6.45) is 5.75. The van der Waals surface area contributed by atoms with Crippen LogP contribution in [0.1, 0.15) is 19.3 Å². The average Bonchev–Trinajstić information content (AvgIpc) is 2.68. The molecule has 0 N–H and O–H groups in total. The topological polar surface area (TPSA) is 25.4 Å². The number of rotatable bonds is 3. The SMILES string of the molecule is COc1ccc2ncc(-c3ccc(Cl)cc3)c(N3CCCCC3)c2c1. The average molecular weight is 353 g/mol. The number of hydrogen-bond acceptors (Lipinski definition) is 3. The number of fused-ring (bicyclic) bond motifs is 1. The second-order valence-corrected chi connectivity index (χ2v) is 6.89. The lowest BCUT2D eigenvalue weighted by Crippen LogP contribution is -2.30. The summed E-state index contributed by atoms with van der Waals surface area (Å²) in [6, 6.07) is 14.1. The van der Waals surface area contributed by atoms with Crippen LogP contribution >= 0.6 is 11.6 Å². The van der Waals surface area contributed by atoms with E-state index in [-0.39, 0.29) is 0 Å². The van der Waals surface area contributed by atoms with Crippen molar-refractivity contribution in [2.24, 2.45) is 0 Å². The van der Waals surface area contributed by atoms with Crippen molar-refractivity contribution in [3.05, 3.63) is 53.7 Å². The number of hydrogen-bond donors (Lipinski definition) is 0. The van der Waals surface area contributed by atoms with E-state index in [1.165, 1.54) is 24.9 Å². The van der Waals surface area contributed by atoms with Gasteiger partial charge in [0.05, 0.1) is 18.3 Å². The third-order valence-corrected chi connectivity index (χ3v) is 5.13. The van der Waals surface area contributed by atoms with E-state index in [9.17, 15) is 0 Å². The standard InChI is InChI=1S/C21H21ClN2O/c1-25-17-9-10-20-18(13-17)21(24-11-3-2-4-12-24)19(14-23-20)15-5-7-16(22)8-6-15/h5-10,13-14H,2-4,11-12H2,1H3. The van der Waals surface area contributed by atoms with Crippen LogP contribution < -0.4 is 9.64 Å². The Labute approximate surface area is 153 Å². The highest BCUT2D eigenvalue weighted by molar-refractivity contribution is 6.30. The first-order valence-corrected chi connectivity index (χ1v) is 9.12. The molecule has 2 aromatic carbocycles. The lowest BCUT2D eigenvalue weighted by molar-refractivity contribution is 0.415. The number of nitrogens with zero attached hydrogens (tertiary/aromatic N) is 2. The molecule has 2 heterocycles. The fourth-order valence-corrected chi connectivity index (χ4v) is 3.71. The molecule has 1 saturated heterocycles. The predicted octanol–water partition coefficient (Wildman–Crippen LogP) is 5.55. The summed E-state index contributed by atoms with van der Waals surface area (Å²) in [6.45, 7) is 2.16. The second kappa shape index (κ2) is 6.93. The van der Waals surface area contributed by atoms with Crippen molar-refractivity contribution in [1.82, 2.24) is 4.98 Å². The van der Waals surface area contributed by atoms with Gasteiger partial charge in [-0.15, -0.1) is 0 Å². The quantitative estimate of drug-likeness (QED) is 0.617. The third kappa shape index (κ3) is 3.16. The Morgan fingerprint density at radius 1 is 1.00 bits per heavy atom. The molecule has 0 aliphatic carbocycles. The number of anilines is 1. The van der Waals surface area contributed by atoms with Gasteiger partial charge in [0.1, 0.15) is 5.75 Å². The summed E-state index contributed by atoms with van der Waals surface area (Å²) in [7, 11) is 1.71. The zero-order chi connectivity index (χ0) is 17.2. The van der Waals surface area contributed by atoms with Gasteiger partial charge in [0.15, 0.2) is 0 Å². The van der Waals surface area contributed by atoms with Crippen molar-refractivity contribution >= 4 is 28.2 Å². The molecule has 1 aliphatic rings. The summed E-state index contributed by atoms with van der Waals surface area (Å²) in [5.41, 5.74) is 4.55. The molecule has 0 saturated carbocycles. The van der Waals surface area contributed by atoms with Crippen LogP contribution in [0.3, 0.4) is 0 Å². The molecule has 0 atom stereocenters. The Bertz CT molecular complexity index is 886. The minimum Gasteiger partial charge on any atom is -0.497 e. The van der Waals surface area contributed by atoms with E-state index in [0.29, 0.717) is 0 Å². The first-order chi connectivity index (χ1) is 12.3. The van der Waals surface area contributed by atoms with Gasteiger partial charge in [-0.1, -0.05) is 23.7 Å². The van der Waals surface area contributed by atoms with Crippen molar-refractivity contribution in [3.63, 3.8) is 0 Å². The molecule has 25 heavy (non-hydrogen) atoms. The molecule has 3 aromatic rings. The first-order valence-electron chi connectivity index (χ1n) is 8.74. The largest absolute Gasteiger partial charge is 0.497 e. The van der Waals surface area contributed by atoms with Gasteiger partial charge >= 0.3 is 0 Å². The van der Waals surface area contributed by atoms with E-state index in [1.54, 1.807) is 7.11 Å². The van der Waals surface area contributed by atoms with Crippen molar-refractivity contribution in [2.75, 3.05) is 25.1 Å². The van der Waals surface area contributed by atoms with Gasteiger partial charge < -0.3 is 9.64 Å². The fraction of sp³-hybridized carbons (Fsp3) is 0.286. The van der Waals surface area contributed by atoms with E-state index >= 15 is 0 Å². The summed E-state index contributed by atoms with van der Waals surface area (Å²) in [4.78, 5) is 7.19. The zero-order valence-corrected chi connectivity index (χ0v) is 15.1. The molecule has 3 nitrogen and oxygen atoms in total. The molecule has 4 heteroatoms. The minimum absolute atomic E-state index is 0.749. The van der Waals surface area contributed by atoms with E-state index in [2.05, 4.69) is 23.1 Å². The molecule has 1 aromatic heterocycles. The monoisotopic (exact) mass is 352 g/mol. The Morgan fingerprint density at radius 3 is 2.48 bits per heavy atom. The summed E-state index contributed by atoms with van der Waals surface area (Å²) in [5.74, 6) is 0.862. The van der Waals surface area contributed by atoms with Crippen molar-refractivity contribution < 1.29 is 4.74 Å². The highest BCUT2D eigenvalue weighted by Crippen LogP contribution is 2.39. The van der Waals surface area contributed by atoms with Gasteiger partial charge in [-0.05, 0) is 55.2 Å². The number of aromatic nitrogens is 1. The summed E-state index contributed by atoms with van der Waals surface area (Å²) < 4.78 is 5.46. The molecule has 0 bridgehead atoms. The van der Waals surface area contributed by atoms with Gasteiger partial charge in [0.25, 0.3) is 0 Å². The number of ether oxygens (including phenoxy) is 1. The van der Waals surface area contributed by atoms with Crippen molar-refractivity contribution in [3.8, 4) is 16.9 Å². The molecule has 4 rings (SSSR count). The van der Waals surface area contributed by atoms with E-state index in [4.69, 9.17) is 21.3 Å².